The Morgan fingerprint density at radius 1 is 1.35 bits per heavy atom. The fourth-order valence-electron chi connectivity index (χ4n) is 1.63. The summed E-state index contributed by atoms with van der Waals surface area (Å²) < 4.78 is 42.4. The number of carbonyl (C=O) groups is 1. The van der Waals surface area contributed by atoms with Crippen molar-refractivity contribution in [2.75, 3.05) is 6.54 Å². The zero-order chi connectivity index (χ0) is 13.4. The van der Waals surface area contributed by atoms with Crippen LogP contribution in [0.2, 0.25) is 0 Å². The Kier molecular flexibility index (Phi) is 3.61. The SMILES string of the molecule is CC(C)(C)OC(=O)N1CC(C(F)(F)F)CC1N. The lowest BCUT2D eigenvalue weighted by atomic mass is 10.1. The first-order chi connectivity index (χ1) is 7.50. The average Bonchev–Trinajstić information content (AvgIpc) is 2.42. The van der Waals surface area contributed by atoms with E-state index in [1.54, 1.807) is 20.8 Å². The first-order valence-electron chi connectivity index (χ1n) is 5.32. The fraction of sp³-hybridized carbons (Fsp3) is 0.900. The number of amides is 1. The van der Waals surface area contributed by atoms with Gasteiger partial charge in [-0.05, 0) is 27.2 Å². The van der Waals surface area contributed by atoms with Crippen molar-refractivity contribution in [2.45, 2.75) is 45.1 Å². The molecule has 0 aromatic carbocycles. The molecule has 2 atom stereocenters. The Morgan fingerprint density at radius 3 is 2.24 bits per heavy atom. The highest BCUT2D eigenvalue weighted by atomic mass is 19.4. The highest BCUT2D eigenvalue weighted by molar-refractivity contribution is 5.68. The lowest BCUT2D eigenvalue weighted by Gasteiger charge is -2.26. The maximum atomic E-state index is 12.5. The van der Waals surface area contributed by atoms with Gasteiger partial charge in [0.05, 0.1) is 12.1 Å². The average molecular weight is 254 g/mol. The van der Waals surface area contributed by atoms with Gasteiger partial charge in [-0.25, -0.2) is 4.79 Å². The smallest absolute Gasteiger partial charge is 0.411 e. The summed E-state index contributed by atoms with van der Waals surface area (Å²) in [5, 5.41) is 0. The molecule has 1 aliphatic heterocycles. The third-order valence-corrected chi connectivity index (χ3v) is 2.43. The maximum Gasteiger partial charge on any atom is 0.411 e. The molecule has 2 N–H and O–H groups in total. The van der Waals surface area contributed by atoms with Crippen molar-refractivity contribution in [1.82, 2.24) is 4.90 Å². The van der Waals surface area contributed by atoms with Gasteiger partial charge in [-0.1, -0.05) is 0 Å². The van der Waals surface area contributed by atoms with Gasteiger partial charge in [0.2, 0.25) is 0 Å². The second kappa shape index (κ2) is 4.36. The number of nitrogens with two attached hydrogens (primary N) is 1. The van der Waals surface area contributed by atoms with Crippen LogP contribution < -0.4 is 5.73 Å². The molecule has 4 nitrogen and oxygen atoms in total. The van der Waals surface area contributed by atoms with Crippen molar-refractivity contribution >= 4 is 6.09 Å². The number of carbonyl (C=O) groups excluding carboxylic acids is 1. The van der Waals surface area contributed by atoms with Crippen LogP contribution >= 0.6 is 0 Å². The summed E-state index contributed by atoms with van der Waals surface area (Å²) in [6.45, 7) is 4.51. The summed E-state index contributed by atoms with van der Waals surface area (Å²) in [5.41, 5.74) is 4.77. The third kappa shape index (κ3) is 3.76. The minimum Gasteiger partial charge on any atom is -0.444 e. The molecule has 2 unspecified atom stereocenters. The Hall–Kier alpha value is -0.980. The molecule has 7 heteroatoms. The molecule has 1 fully saturated rings. The van der Waals surface area contributed by atoms with Gasteiger partial charge in [-0.15, -0.1) is 0 Å². The highest BCUT2D eigenvalue weighted by Gasteiger charge is 2.48. The summed E-state index contributed by atoms with van der Waals surface area (Å²) in [5.74, 6) is -1.56. The van der Waals surface area contributed by atoms with Crippen molar-refractivity contribution in [1.29, 1.82) is 0 Å². The molecule has 0 radical (unpaired) electrons. The number of alkyl halides is 3. The van der Waals surface area contributed by atoms with Gasteiger partial charge in [0.25, 0.3) is 0 Å². The van der Waals surface area contributed by atoms with E-state index >= 15 is 0 Å². The van der Waals surface area contributed by atoms with Crippen LogP contribution in [0.15, 0.2) is 0 Å². The molecule has 0 spiro atoms. The predicted octanol–water partition coefficient (Wildman–Crippen LogP) is 2.09. The van der Waals surface area contributed by atoms with Gasteiger partial charge in [-0.3, -0.25) is 4.90 Å². The summed E-state index contributed by atoms with van der Waals surface area (Å²) in [6.07, 6.45) is -6.33. The monoisotopic (exact) mass is 254 g/mol. The molecule has 0 aromatic rings. The third-order valence-electron chi connectivity index (χ3n) is 2.43. The molecule has 1 heterocycles. The summed E-state index contributed by atoms with van der Waals surface area (Å²) in [4.78, 5) is 12.5. The van der Waals surface area contributed by atoms with Crippen molar-refractivity contribution in [2.24, 2.45) is 11.7 Å². The molecule has 0 bridgehead atoms. The van der Waals surface area contributed by atoms with E-state index in [4.69, 9.17) is 10.5 Å². The van der Waals surface area contributed by atoms with Crippen LogP contribution in [0.1, 0.15) is 27.2 Å². The van der Waals surface area contributed by atoms with Gasteiger partial charge in [0.15, 0.2) is 0 Å². The van der Waals surface area contributed by atoms with Gasteiger partial charge < -0.3 is 10.5 Å². The lowest BCUT2D eigenvalue weighted by Crippen LogP contribution is -2.44. The van der Waals surface area contributed by atoms with Crippen LogP contribution in [-0.4, -0.2) is 35.5 Å². The molecule has 17 heavy (non-hydrogen) atoms. The minimum absolute atomic E-state index is 0.275. The largest absolute Gasteiger partial charge is 0.444 e. The highest BCUT2D eigenvalue weighted by Crippen LogP contribution is 2.35. The van der Waals surface area contributed by atoms with Gasteiger partial charge in [0, 0.05) is 6.54 Å². The number of hydrogen-bond donors (Lipinski definition) is 1. The normalized spacial score (nSPS) is 26.2. The van der Waals surface area contributed by atoms with Crippen LogP contribution in [0.25, 0.3) is 0 Å². The molecular weight excluding hydrogens is 237 g/mol. The summed E-state index contributed by atoms with van der Waals surface area (Å²) >= 11 is 0. The number of nitrogens with zero attached hydrogens (tertiary/aromatic N) is 1. The molecular formula is C10H17F3N2O2. The summed E-state index contributed by atoms with van der Waals surface area (Å²) in [7, 11) is 0. The van der Waals surface area contributed by atoms with Gasteiger partial charge in [-0.2, -0.15) is 13.2 Å². The van der Waals surface area contributed by atoms with E-state index in [0.717, 1.165) is 4.90 Å². The quantitative estimate of drug-likeness (QED) is 0.720. The predicted molar refractivity (Wildman–Crippen MR) is 55.1 cm³/mol. The number of ether oxygens (including phenoxy) is 1. The van der Waals surface area contributed by atoms with Crippen molar-refractivity contribution in [3.63, 3.8) is 0 Å². The second-order valence-electron chi connectivity index (χ2n) is 5.17. The Morgan fingerprint density at radius 2 is 1.88 bits per heavy atom. The first kappa shape index (κ1) is 14.1. The zero-order valence-electron chi connectivity index (χ0n) is 10.0. The molecule has 0 aliphatic carbocycles. The van der Waals surface area contributed by atoms with Crippen molar-refractivity contribution < 1.29 is 22.7 Å². The molecule has 0 aromatic heterocycles. The van der Waals surface area contributed by atoms with Crippen molar-refractivity contribution in [3.05, 3.63) is 0 Å². The Labute approximate surface area is 97.9 Å². The molecule has 100 valence electrons. The number of rotatable bonds is 0. The molecule has 1 amide bonds. The standard InChI is InChI=1S/C10H17F3N2O2/c1-9(2,3)17-8(16)15-5-6(4-7(15)14)10(11,12)13/h6-7H,4-5,14H2,1-3H3. The molecule has 0 saturated carbocycles. The van der Waals surface area contributed by atoms with E-state index in [9.17, 15) is 18.0 Å². The van der Waals surface area contributed by atoms with Gasteiger partial charge in [0.1, 0.15) is 5.60 Å². The van der Waals surface area contributed by atoms with E-state index in [1.807, 2.05) is 0 Å². The summed E-state index contributed by atoms with van der Waals surface area (Å²) in [6, 6.07) is 0. The Balaban J connectivity index is 2.65. The number of hydrogen-bond acceptors (Lipinski definition) is 3. The van der Waals surface area contributed by atoms with E-state index < -0.39 is 36.5 Å². The van der Waals surface area contributed by atoms with E-state index in [2.05, 4.69) is 0 Å². The van der Waals surface area contributed by atoms with Crippen LogP contribution in [-0.2, 0) is 4.74 Å². The zero-order valence-corrected chi connectivity index (χ0v) is 10.0. The molecule has 1 aliphatic rings. The maximum absolute atomic E-state index is 12.5. The van der Waals surface area contributed by atoms with Crippen molar-refractivity contribution in [3.8, 4) is 0 Å². The van der Waals surface area contributed by atoms with Crippen LogP contribution in [0.4, 0.5) is 18.0 Å². The minimum atomic E-state index is -4.33. The topological polar surface area (TPSA) is 55.6 Å². The number of likely N-dealkylation sites (tertiary alicyclic amines) is 1. The van der Waals surface area contributed by atoms with Gasteiger partial charge >= 0.3 is 12.3 Å². The van der Waals surface area contributed by atoms with E-state index in [-0.39, 0.29) is 6.42 Å². The number of halogens is 3. The second-order valence-corrected chi connectivity index (χ2v) is 5.17. The lowest BCUT2D eigenvalue weighted by molar-refractivity contribution is -0.170. The molecule has 1 rings (SSSR count). The van der Waals surface area contributed by atoms with Crippen LogP contribution in [0, 0.1) is 5.92 Å². The molecule has 1 saturated heterocycles. The Bertz CT molecular complexity index is 299. The fourth-order valence-corrected chi connectivity index (χ4v) is 1.63. The first-order valence-corrected chi connectivity index (χ1v) is 5.32. The van der Waals surface area contributed by atoms with Crippen LogP contribution in [0.3, 0.4) is 0 Å². The van der Waals surface area contributed by atoms with E-state index in [0.29, 0.717) is 0 Å². The van der Waals surface area contributed by atoms with Crippen LogP contribution in [0.5, 0.6) is 0 Å². The van der Waals surface area contributed by atoms with E-state index in [1.165, 1.54) is 0 Å².